The Morgan fingerprint density at radius 2 is 1.91 bits per heavy atom. The normalized spacial score (nSPS) is 10.8. The molecule has 3 aromatic rings. The lowest BCUT2D eigenvalue weighted by atomic mass is 10.2. The maximum atomic E-state index is 12.4. The average Bonchev–Trinajstić information content (AvgIpc) is 3.11. The lowest BCUT2D eigenvalue weighted by molar-refractivity contribution is -0.113. The van der Waals surface area contributed by atoms with Gasteiger partial charge in [0.05, 0.1) is 17.4 Å². The van der Waals surface area contributed by atoms with E-state index in [2.05, 4.69) is 15.5 Å². The number of esters is 1. The van der Waals surface area contributed by atoms with E-state index < -0.39 is 5.97 Å². The van der Waals surface area contributed by atoms with E-state index in [0.29, 0.717) is 22.2 Å². The summed E-state index contributed by atoms with van der Waals surface area (Å²) in [5, 5.41) is 11.7. The van der Waals surface area contributed by atoms with Crippen LogP contribution >= 0.6 is 11.8 Å². The number of carbonyl (C=O) groups excluding carboxylic acids is 2. The second kappa shape index (κ2) is 10.8. The van der Waals surface area contributed by atoms with E-state index in [-0.39, 0.29) is 24.4 Å². The molecule has 0 aliphatic rings. The summed E-state index contributed by atoms with van der Waals surface area (Å²) >= 11 is 1.27. The number of aryl methyl sites for hydroxylation is 1. The summed E-state index contributed by atoms with van der Waals surface area (Å²) in [6.07, 6.45) is -0.212. The van der Waals surface area contributed by atoms with Crippen molar-refractivity contribution in [3.05, 3.63) is 65.5 Å². The van der Waals surface area contributed by atoms with E-state index in [1.807, 2.05) is 38.2 Å². The number of benzene rings is 2. The van der Waals surface area contributed by atoms with Gasteiger partial charge in [-0.25, -0.2) is 4.79 Å². The topological polar surface area (TPSA) is 95.3 Å². The first-order chi connectivity index (χ1) is 15.3. The summed E-state index contributed by atoms with van der Waals surface area (Å²) in [4.78, 5) is 24.4. The van der Waals surface area contributed by atoms with E-state index >= 15 is 0 Å². The van der Waals surface area contributed by atoms with Crippen LogP contribution in [0.5, 0.6) is 5.75 Å². The van der Waals surface area contributed by atoms with Gasteiger partial charge in [-0.2, -0.15) is 0 Å². The number of hydrogen-bond acceptors (Lipinski definition) is 7. The smallest absolute Gasteiger partial charge is 0.338 e. The Labute approximate surface area is 191 Å². The molecule has 1 amide bonds. The molecular weight excluding hydrogens is 428 g/mol. The molecule has 0 unspecified atom stereocenters. The molecule has 9 heteroatoms. The quantitative estimate of drug-likeness (QED) is 0.386. The van der Waals surface area contributed by atoms with E-state index in [4.69, 9.17) is 9.47 Å². The summed E-state index contributed by atoms with van der Waals surface area (Å²) in [5.74, 6) is 0.955. The Hall–Kier alpha value is -3.33. The van der Waals surface area contributed by atoms with Crippen LogP contribution in [-0.4, -0.2) is 38.5 Å². The van der Waals surface area contributed by atoms with Gasteiger partial charge in [-0.05, 0) is 50.6 Å². The Kier molecular flexibility index (Phi) is 7.88. The third-order valence-electron chi connectivity index (χ3n) is 4.43. The molecule has 0 radical (unpaired) electrons. The number of amides is 1. The molecule has 168 valence electrons. The molecule has 0 saturated carbocycles. The van der Waals surface area contributed by atoms with Crippen LogP contribution in [-0.2, 0) is 23.2 Å². The Bertz CT molecular complexity index is 1100. The molecule has 0 aliphatic carbocycles. The van der Waals surface area contributed by atoms with Crippen LogP contribution in [0.25, 0.3) is 0 Å². The molecule has 0 fully saturated rings. The maximum Gasteiger partial charge on any atom is 0.338 e. The molecule has 0 aliphatic heterocycles. The zero-order valence-electron chi connectivity index (χ0n) is 18.5. The number of ether oxygens (including phenoxy) is 2. The summed E-state index contributed by atoms with van der Waals surface area (Å²) < 4.78 is 12.8. The van der Waals surface area contributed by atoms with Crippen LogP contribution < -0.4 is 10.1 Å². The zero-order chi connectivity index (χ0) is 23.1. The van der Waals surface area contributed by atoms with Crippen molar-refractivity contribution in [2.45, 2.75) is 38.6 Å². The molecule has 32 heavy (non-hydrogen) atoms. The predicted molar refractivity (Wildman–Crippen MR) is 123 cm³/mol. The van der Waals surface area contributed by atoms with Gasteiger partial charge >= 0.3 is 5.97 Å². The van der Waals surface area contributed by atoms with Crippen molar-refractivity contribution in [3.8, 4) is 5.75 Å². The third-order valence-corrected chi connectivity index (χ3v) is 5.45. The minimum Gasteiger partial charge on any atom is -0.485 e. The fourth-order valence-corrected chi connectivity index (χ4v) is 3.52. The number of thioether (sulfide) groups is 1. The number of anilines is 1. The predicted octanol–water partition coefficient (Wildman–Crippen LogP) is 4.00. The van der Waals surface area contributed by atoms with Gasteiger partial charge in [0.15, 0.2) is 11.0 Å². The lowest BCUT2D eigenvalue weighted by Gasteiger charge is -2.10. The highest BCUT2D eigenvalue weighted by molar-refractivity contribution is 7.99. The zero-order valence-corrected chi connectivity index (χ0v) is 19.3. The van der Waals surface area contributed by atoms with Crippen LogP contribution in [0, 0.1) is 6.92 Å². The standard InChI is InChI=1S/C23H26N4O4S/c1-15(2)31-22(29)17-9-7-10-18(12-17)24-21(28)14-32-23-26-25-20(27(23)4)13-30-19-11-6-5-8-16(19)3/h5-12,15H,13-14H2,1-4H3,(H,24,28). The average molecular weight is 455 g/mol. The molecular formula is C23H26N4O4S. The second-order valence-corrected chi connectivity index (χ2v) is 8.33. The van der Waals surface area contributed by atoms with Gasteiger partial charge < -0.3 is 19.4 Å². The number of carbonyl (C=O) groups is 2. The van der Waals surface area contributed by atoms with Crippen molar-refractivity contribution < 1.29 is 19.1 Å². The van der Waals surface area contributed by atoms with E-state index in [1.54, 1.807) is 42.7 Å². The molecule has 8 nitrogen and oxygen atoms in total. The van der Waals surface area contributed by atoms with E-state index in [9.17, 15) is 9.59 Å². The highest BCUT2D eigenvalue weighted by Crippen LogP contribution is 2.20. The minimum absolute atomic E-state index is 0.144. The minimum atomic E-state index is -0.426. The first-order valence-corrected chi connectivity index (χ1v) is 11.1. The van der Waals surface area contributed by atoms with Gasteiger partial charge in [0, 0.05) is 12.7 Å². The molecule has 0 bridgehead atoms. The van der Waals surface area contributed by atoms with Crippen LogP contribution in [0.4, 0.5) is 5.69 Å². The summed E-state index contributed by atoms with van der Waals surface area (Å²) in [5.41, 5.74) is 1.96. The molecule has 1 aromatic heterocycles. The Morgan fingerprint density at radius 1 is 1.12 bits per heavy atom. The summed E-state index contributed by atoms with van der Waals surface area (Å²) in [6, 6.07) is 14.4. The second-order valence-electron chi connectivity index (χ2n) is 7.38. The monoisotopic (exact) mass is 454 g/mol. The lowest BCUT2D eigenvalue weighted by Crippen LogP contribution is -2.16. The summed E-state index contributed by atoms with van der Waals surface area (Å²) in [6.45, 7) is 5.83. The van der Waals surface area contributed by atoms with Crippen molar-refractivity contribution in [1.82, 2.24) is 14.8 Å². The first-order valence-electron chi connectivity index (χ1n) is 10.1. The van der Waals surface area contributed by atoms with Crippen LogP contribution in [0.2, 0.25) is 0 Å². The Balaban J connectivity index is 1.53. The fraction of sp³-hybridized carbons (Fsp3) is 0.304. The molecule has 1 heterocycles. The molecule has 0 atom stereocenters. The van der Waals surface area contributed by atoms with Crippen LogP contribution in [0.15, 0.2) is 53.7 Å². The molecule has 2 aromatic carbocycles. The van der Waals surface area contributed by atoms with E-state index in [1.165, 1.54) is 11.8 Å². The highest BCUT2D eigenvalue weighted by Gasteiger charge is 2.14. The van der Waals surface area contributed by atoms with Crippen molar-refractivity contribution >= 4 is 29.3 Å². The number of nitrogens with zero attached hydrogens (tertiary/aromatic N) is 3. The number of nitrogens with one attached hydrogen (secondary N) is 1. The summed E-state index contributed by atoms with van der Waals surface area (Å²) in [7, 11) is 1.83. The van der Waals surface area contributed by atoms with E-state index in [0.717, 1.165) is 11.3 Å². The fourth-order valence-electron chi connectivity index (χ4n) is 2.79. The first kappa shape index (κ1) is 23.3. The van der Waals surface area contributed by atoms with Gasteiger partial charge in [-0.3, -0.25) is 4.79 Å². The molecule has 1 N–H and O–H groups in total. The van der Waals surface area contributed by atoms with Crippen molar-refractivity contribution in [3.63, 3.8) is 0 Å². The number of rotatable bonds is 9. The van der Waals surface area contributed by atoms with Crippen LogP contribution in [0.3, 0.4) is 0 Å². The molecule has 3 rings (SSSR count). The Morgan fingerprint density at radius 3 is 2.66 bits per heavy atom. The van der Waals surface area contributed by atoms with Crippen molar-refractivity contribution in [1.29, 1.82) is 0 Å². The maximum absolute atomic E-state index is 12.4. The molecule has 0 spiro atoms. The molecule has 0 saturated heterocycles. The highest BCUT2D eigenvalue weighted by atomic mass is 32.2. The van der Waals surface area contributed by atoms with Gasteiger partial charge in [-0.1, -0.05) is 36.0 Å². The van der Waals surface area contributed by atoms with Crippen molar-refractivity contribution in [2.24, 2.45) is 7.05 Å². The van der Waals surface area contributed by atoms with Gasteiger partial charge in [-0.15, -0.1) is 10.2 Å². The van der Waals surface area contributed by atoms with Crippen LogP contribution in [0.1, 0.15) is 35.6 Å². The third kappa shape index (κ3) is 6.34. The number of aromatic nitrogens is 3. The number of hydrogen-bond donors (Lipinski definition) is 1. The van der Waals surface area contributed by atoms with Gasteiger partial charge in [0.1, 0.15) is 12.4 Å². The van der Waals surface area contributed by atoms with Crippen molar-refractivity contribution in [2.75, 3.05) is 11.1 Å². The number of para-hydroxylation sites is 1. The van der Waals surface area contributed by atoms with Gasteiger partial charge in [0.25, 0.3) is 0 Å². The van der Waals surface area contributed by atoms with Gasteiger partial charge in [0.2, 0.25) is 5.91 Å². The largest absolute Gasteiger partial charge is 0.485 e. The SMILES string of the molecule is Cc1ccccc1OCc1nnc(SCC(=O)Nc2cccc(C(=O)OC(C)C)c2)n1C.